The number of nitrogens with zero attached hydrogens (tertiary/aromatic N) is 1. The molecule has 4 aromatic carbocycles. The Balaban J connectivity index is 1.18. The van der Waals surface area contributed by atoms with Gasteiger partial charge in [-0.3, -0.25) is 0 Å². The average molecular weight is 620 g/mol. The SMILES string of the molecule is CC12CC=CC3=C1B1c4c(cc(N(c5ccccc5)C5C=CC=CC5)cc4Oc4cccc(c41)C21c2ccccc2C2C=CC=CC21)O3. The Morgan fingerprint density at radius 2 is 1.50 bits per heavy atom. The van der Waals surface area contributed by atoms with Crippen molar-refractivity contribution in [2.24, 2.45) is 11.3 Å². The number of ether oxygens (including phenoxy) is 2. The van der Waals surface area contributed by atoms with Crippen LogP contribution in [-0.2, 0) is 5.41 Å². The van der Waals surface area contributed by atoms with Crippen LogP contribution in [0.5, 0.6) is 17.2 Å². The highest BCUT2D eigenvalue weighted by molar-refractivity contribution is 6.94. The lowest BCUT2D eigenvalue weighted by molar-refractivity contribution is 0.176. The fourth-order valence-corrected chi connectivity index (χ4v) is 10.7. The van der Waals surface area contributed by atoms with Crippen molar-refractivity contribution in [3.63, 3.8) is 0 Å². The highest BCUT2D eigenvalue weighted by atomic mass is 16.5. The van der Waals surface area contributed by atoms with E-state index in [0.29, 0.717) is 11.8 Å². The smallest absolute Gasteiger partial charge is 0.257 e. The summed E-state index contributed by atoms with van der Waals surface area (Å²) in [5.74, 6) is 4.41. The molecule has 0 saturated carbocycles. The van der Waals surface area contributed by atoms with E-state index in [1.165, 1.54) is 33.1 Å². The highest BCUT2D eigenvalue weighted by Gasteiger charge is 2.68. The van der Waals surface area contributed by atoms with Crippen LogP contribution in [-0.4, -0.2) is 12.8 Å². The predicted molar refractivity (Wildman–Crippen MR) is 194 cm³/mol. The Labute approximate surface area is 282 Å². The van der Waals surface area contributed by atoms with Crippen LogP contribution in [0.4, 0.5) is 11.4 Å². The van der Waals surface area contributed by atoms with E-state index >= 15 is 0 Å². The molecule has 4 aromatic rings. The Kier molecular flexibility index (Phi) is 5.28. The quantitative estimate of drug-likeness (QED) is 0.214. The first-order valence-corrected chi connectivity index (χ1v) is 17.4. The number of hydrogen-bond donors (Lipinski definition) is 0. The van der Waals surface area contributed by atoms with Crippen LogP contribution in [0, 0.1) is 11.3 Å². The zero-order valence-corrected chi connectivity index (χ0v) is 26.8. The lowest BCUT2D eigenvalue weighted by atomic mass is 9.22. The normalized spacial score (nSPS) is 28.5. The van der Waals surface area contributed by atoms with Crippen molar-refractivity contribution in [2.75, 3.05) is 4.90 Å². The molecular weight excluding hydrogens is 585 g/mol. The monoisotopic (exact) mass is 619 g/mol. The van der Waals surface area contributed by atoms with Gasteiger partial charge in [0.1, 0.15) is 23.0 Å². The average Bonchev–Trinajstić information content (AvgIpc) is 3.43. The molecule has 4 aliphatic carbocycles. The largest absolute Gasteiger partial charge is 0.459 e. The van der Waals surface area contributed by atoms with Crippen LogP contribution >= 0.6 is 0 Å². The van der Waals surface area contributed by atoms with Gasteiger partial charge in [0.15, 0.2) is 0 Å². The molecule has 0 bridgehead atoms. The van der Waals surface area contributed by atoms with E-state index < -0.39 is 0 Å². The number of allylic oxidation sites excluding steroid dienone is 9. The maximum atomic E-state index is 7.13. The van der Waals surface area contributed by atoms with E-state index in [-0.39, 0.29) is 23.6 Å². The summed E-state index contributed by atoms with van der Waals surface area (Å²) in [5.41, 5.74) is 9.96. The summed E-state index contributed by atoms with van der Waals surface area (Å²) in [7, 11) is 0. The van der Waals surface area contributed by atoms with Gasteiger partial charge in [0.25, 0.3) is 6.71 Å². The second kappa shape index (κ2) is 9.44. The van der Waals surface area contributed by atoms with Crippen molar-refractivity contribution < 1.29 is 9.47 Å². The standard InChI is InChI=1S/C44H34BNO2/c1-43-25-13-24-37-42(43)45-40-35(44(43)33-20-10-8-18-31(33)32-19-9-11-21-34(32)44)22-12-23-36(40)47-38-26-30(27-39(48-37)41(38)45)46(28-14-4-2-5-15-28)29-16-6-3-7-17-29/h2-16,18-24,26-27,29,31,33H,17,25H2,1H3. The molecule has 0 amide bonds. The first-order chi connectivity index (χ1) is 23.7. The van der Waals surface area contributed by atoms with E-state index in [9.17, 15) is 0 Å². The van der Waals surface area contributed by atoms with Crippen LogP contribution in [0.25, 0.3) is 0 Å². The van der Waals surface area contributed by atoms with Crippen LogP contribution in [0.2, 0.25) is 0 Å². The Morgan fingerprint density at radius 1 is 0.708 bits per heavy atom. The summed E-state index contributed by atoms with van der Waals surface area (Å²) < 4.78 is 14.2. The molecule has 0 radical (unpaired) electrons. The molecule has 3 nitrogen and oxygen atoms in total. The predicted octanol–water partition coefficient (Wildman–Crippen LogP) is 8.72. The van der Waals surface area contributed by atoms with E-state index in [0.717, 1.165) is 47.2 Å². The molecule has 0 saturated heterocycles. The van der Waals surface area contributed by atoms with Crippen LogP contribution in [0.3, 0.4) is 0 Å². The lowest BCUT2D eigenvalue weighted by Gasteiger charge is -2.60. The fraction of sp³-hybridized carbons (Fsp3) is 0.182. The zero-order valence-electron chi connectivity index (χ0n) is 26.8. The molecule has 7 aliphatic rings. The minimum atomic E-state index is -0.269. The molecule has 48 heavy (non-hydrogen) atoms. The molecule has 1 spiro atoms. The minimum Gasteiger partial charge on any atom is -0.459 e. The zero-order chi connectivity index (χ0) is 31.6. The number of para-hydroxylation sites is 1. The van der Waals surface area contributed by atoms with Gasteiger partial charge in [-0.15, -0.1) is 0 Å². The summed E-state index contributed by atoms with van der Waals surface area (Å²) in [6.07, 6.45) is 24.8. The molecule has 5 atom stereocenters. The van der Waals surface area contributed by atoms with E-state index in [2.05, 4.69) is 158 Å². The third kappa shape index (κ3) is 3.17. The van der Waals surface area contributed by atoms with Crippen LogP contribution in [0.15, 0.2) is 157 Å². The van der Waals surface area contributed by atoms with Crippen molar-refractivity contribution in [1.82, 2.24) is 0 Å². The summed E-state index contributed by atoms with van der Waals surface area (Å²) in [6, 6.07) is 31.5. The van der Waals surface area contributed by atoms with E-state index in [1.54, 1.807) is 0 Å². The molecule has 230 valence electrons. The Morgan fingerprint density at radius 3 is 2.38 bits per heavy atom. The van der Waals surface area contributed by atoms with Crippen molar-refractivity contribution in [3.05, 3.63) is 174 Å². The first-order valence-electron chi connectivity index (χ1n) is 17.4. The number of benzene rings is 4. The molecule has 4 heteroatoms. The molecular formula is C44H34BNO2. The molecule has 0 aromatic heterocycles. The third-order valence-electron chi connectivity index (χ3n) is 12.4. The van der Waals surface area contributed by atoms with Gasteiger partial charge in [-0.25, -0.2) is 0 Å². The van der Waals surface area contributed by atoms with Gasteiger partial charge in [0, 0.05) is 51.6 Å². The molecule has 11 rings (SSSR count). The van der Waals surface area contributed by atoms with Gasteiger partial charge in [0.05, 0.1) is 6.04 Å². The molecule has 0 fully saturated rings. The van der Waals surface area contributed by atoms with Gasteiger partial charge < -0.3 is 14.4 Å². The van der Waals surface area contributed by atoms with Crippen molar-refractivity contribution in [2.45, 2.75) is 37.1 Å². The lowest BCUT2D eigenvalue weighted by Crippen LogP contribution is -2.67. The summed E-state index contributed by atoms with van der Waals surface area (Å²) in [6.45, 7) is 2.61. The van der Waals surface area contributed by atoms with Crippen molar-refractivity contribution >= 4 is 29.0 Å². The summed E-state index contributed by atoms with van der Waals surface area (Å²) in [5, 5.41) is 0. The maximum absolute atomic E-state index is 7.13. The van der Waals surface area contributed by atoms with Gasteiger partial charge in [-0.2, -0.15) is 0 Å². The van der Waals surface area contributed by atoms with Crippen LogP contribution in [0.1, 0.15) is 42.4 Å². The molecule has 3 aliphatic heterocycles. The van der Waals surface area contributed by atoms with Gasteiger partial charge in [-0.05, 0) is 64.7 Å². The topological polar surface area (TPSA) is 21.7 Å². The van der Waals surface area contributed by atoms with E-state index in [4.69, 9.17) is 9.47 Å². The van der Waals surface area contributed by atoms with Crippen molar-refractivity contribution in [3.8, 4) is 17.2 Å². The fourth-order valence-electron chi connectivity index (χ4n) is 10.7. The number of fused-ring (bicyclic) bond motifs is 7. The minimum absolute atomic E-state index is 0.0744. The highest BCUT2D eigenvalue weighted by Crippen LogP contribution is 2.70. The molecule has 5 unspecified atom stereocenters. The summed E-state index contributed by atoms with van der Waals surface area (Å²) >= 11 is 0. The molecule has 0 N–H and O–H groups in total. The van der Waals surface area contributed by atoms with Gasteiger partial charge in [-0.1, -0.05) is 116 Å². The maximum Gasteiger partial charge on any atom is 0.257 e. The number of anilines is 2. The number of rotatable bonds is 3. The van der Waals surface area contributed by atoms with Gasteiger partial charge in [0.2, 0.25) is 0 Å². The third-order valence-corrected chi connectivity index (χ3v) is 12.4. The second-order valence-electron chi connectivity index (χ2n) is 14.5. The number of hydrogen-bond acceptors (Lipinski definition) is 3. The first kappa shape index (κ1) is 26.8. The van der Waals surface area contributed by atoms with Crippen LogP contribution < -0.4 is 25.3 Å². The van der Waals surface area contributed by atoms with Gasteiger partial charge >= 0.3 is 0 Å². The summed E-state index contributed by atoms with van der Waals surface area (Å²) in [4.78, 5) is 2.43. The molecule has 3 heterocycles. The van der Waals surface area contributed by atoms with Crippen molar-refractivity contribution in [1.29, 1.82) is 0 Å². The Bertz CT molecular complexity index is 2260. The van der Waals surface area contributed by atoms with E-state index in [1.807, 2.05) is 0 Å². The second-order valence-corrected chi connectivity index (χ2v) is 14.5. The Hall–Kier alpha value is -5.22.